The largest absolute Gasteiger partial charge is 0.493 e. The molecule has 0 fully saturated rings. The maximum Gasteiger partial charge on any atom is 0.162 e. The van der Waals surface area contributed by atoms with E-state index in [-0.39, 0.29) is 0 Å². The number of halogens is 2. The van der Waals surface area contributed by atoms with Crippen molar-refractivity contribution < 1.29 is 9.47 Å². The van der Waals surface area contributed by atoms with Crippen molar-refractivity contribution in [3.63, 3.8) is 0 Å². The first kappa shape index (κ1) is 18.6. The van der Waals surface area contributed by atoms with Crippen LogP contribution >= 0.6 is 27.5 Å². The molecule has 0 aromatic heterocycles. The van der Waals surface area contributed by atoms with E-state index in [1.807, 2.05) is 66.7 Å². The van der Waals surface area contributed by atoms with Gasteiger partial charge in [0.1, 0.15) is 6.61 Å². The van der Waals surface area contributed by atoms with Crippen LogP contribution in [0.1, 0.15) is 11.1 Å². The number of hydrogen-bond acceptors (Lipinski definition) is 3. The lowest BCUT2D eigenvalue weighted by atomic mass is 10.2. The van der Waals surface area contributed by atoms with Crippen molar-refractivity contribution in [2.45, 2.75) is 13.2 Å². The van der Waals surface area contributed by atoms with Crippen LogP contribution in [0.5, 0.6) is 11.5 Å². The molecule has 3 rings (SSSR count). The van der Waals surface area contributed by atoms with E-state index in [1.165, 1.54) is 0 Å². The Morgan fingerprint density at radius 1 is 0.962 bits per heavy atom. The average Bonchev–Trinajstić information content (AvgIpc) is 2.67. The Morgan fingerprint density at radius 3 is 2.38 bits per heavy atom. The number of nitrogens with one attached hydrogen (secondary N) is 1. The van der Waals surface area contributed by atoms with Crippen molar-refractivity contribution >= 4 is 33.2 Å². The highest BCUT2D eigenvalue weighted by Gasteiger charge is 2.11. The number of rotatable bonds is 7. The highest BCUT2D eigenvalue weighted by atomic mass is 79.9. The molecule has 26 heavy (non-hydrogen) atoms. The Kier molecular flexibility index (Phi) is 6.42. The summed E-state index contributed by atoms with van der Waals surface area (Å²) in [4.78, 5) is 0. The topological polar surface area (TPSA) is 30.5 Å². The molecule has 0 aliphatic heterocycles. The first-order valence-corrected chi connectivity index (χ1v) is 9.35. The van der Waals surface area contributed by atoms with Crippen molar-refractivity contribution in [3.8, 4) is 11.5 Å². The molecule has 0 heterocycles. The fraction of sp³-hybridized carbons (Fsp3) is 0.143. The van der Waals surface area contributed by atoms with Gasteiger partial charge in [0.25, 0.3) is 0 Å². The summed E-state index contributed by atoms with van der Waals surface area (Å²) in [6.45, 7) is 1.13. The van der Waals surface area contributed by atoms with E-state index in [1.54, 1.807) is 7.11 Å². The summed E-state index contributed by atoms with van der Waals surface area (Å²) in [6.07, 6.45) is 0. The molecule has 0 atom stereocenters. The average molecular weight is 433 g/mol. The van der Waals surface area contributed by atoms with Crippen molar-refractivity contribution in [1.82, 2.24) is 0 Å². The summed E-state index contributed by atoms with van der Waals surface area (Å²) < 4.78 is 12.4. The van der Waals surface area contributed by atoms with Crippen LogP contribution in [0.4, 0.5) is 5.69 Å². The molecule has 0 unspecified atom stereocenters. The number of benzene rings is 3. The van der Waals surface area contributed by atoms with Gasteiger partial charge >= 0.3 is 0 Å². The second-order valence-corrected chi connectivity index (χ2v) is 7.02. The van der Waals surface area contributed by atoms with Crippen LogP contribution in [0.25, 0.3) is 0 Å². The second-order valence-electron chi connectivity index (χ2n) is 5.73. The SMILES string of the molecule is COc1cc(CNc2ccccc2)c(Br)cc1OCc1ccc(Cl)cc1. The molecular formula is C21H19BrClNO2. The lowest BCUT2D eigenvalue weighted by molar-refractivity contribution is 0.284. The summed E-state index contributed by atoms with van der Waals surface area (Å²) in [5.41, 5.74) is 3.20. The minimum absolute atomic E-state index is 0.446. The molecule has 134 valence electrons. The Balaban J connectivity index is 1.70. The second kappa shape index (κ2) is 8.97. The van der Waals surface area contributed by atoms with Gasteiger partial charge < -0.3 is 14.8 Å². The van der Waals surface area contributed by atoms with Gasteiger partial charge in [-0.3, -0.25) is 0 Å². The van der Waals surface area contributed by atoms with E-state index in [0.717, 1.165) is 21.3 Å². The first-order chi connectivity index (χ1) is 12.7. The fourth-order valence-electron chi connectivity index (χ4n) is 2.48. The smallest absolute Gasteiger partial charge is 0.162 e. The molecule has 0 amide bonds. The van der Waals surface area contributed by atoms with E-state index in [0.29, 0.717) is 29.7 Å². The fourth-order valence-corrected chi connectivity index (χ4v) is 3.07. The summed E-state index contributed by atoms with van der Waals surface area (Å²) in [7, 11) is 1.65. The van der Waals surface area contributed by atoms with Gasteiger partial charge in [-0.15, -0.1) is 0 Å². The van der Waals surface area contributed by atoms with Gasteiger partial charge in [-0.05, 0) is 47.5 Å². The van der Waals surface area contributed by atoms with Crippen LogP contribution in [0.3, 0.4) is 0 Å². The lowest BCUT2D eigenvalue weighted by Crippen LogP contribution is -2.03. The van der Waals surface area contributed by atoms with Gasteiger partial charge in [0, 0.05) is 21.7 Å². The zero-order chi connectivity index (χ0) is 18.4. The zero-order valence-electron chi connectivity index (χ0n) is 14.3. The zero-order valence-corrected chi connectivity index (χ0v) is 16.7. The molecule has 3 aromatic rings. The van der Waals surface area contributed by atoms with Crippen LogP contribution in [-0.4, -0.2) is 7.11 Å². The molecule has 3 aromatic carbocycles. The molecule has 0 aliphatic carbocycles. The first-order valence-electron chi connectivity index (χ1n) is 8.18. The molecule has 0 saturated carbocycles. The van der Waals surface area contributed by atoms with Crippen LogP contribution in [0.2, 0.25) is 5.02 Å². The maximum absolute atomic E-state index is 5.93. The van der Waals surface area contributed by atoms with Crippen molar-refractivity contribution in [1.29, 1.82) is 0 Å². The van der Waals surface area contributed by atoms with Gasteiger partial charge in [0.15, 0.2) is 11.5 Å². The molecule has 0 radical (unpaired) electrons. The maximum atomic E-state index is 5.93. The molecule has 1 N–H and O–H groups in total. The Morgan fingerprint density at radius 2 is 1.69 bits per heavy atom. The van der Waals surface area contributed by atoms with Crippen molar-refractivity contribution in [2.75, 3.05) is 12.4 Å². The summed E-state index contributed by atoms with van der Waals surface area (Å²) in [6, 6.07) is 21.6. The minimum atomic E-state index is 0.446. The Hall–Kier alpha value is -2.17. The third-order valence-corrected chi connectivity index (χ3v) is 4.89. The third-order valence-electron chi connectivity index (χ3n) is 3.90. The molecule has 3 nitrogen and oxygen atoms in total. The van der Waals surface area contributed by atoms with E-state index in [2.05, 4.69) is 21.2 Å². The number of hydrogen-bond donors (Lipinski definition) is 1. The van der Waals surface area contributed by atoms with E-state index >= 15 is 0 Å². The molecule has 0 bridgehead atoms. The predicted molar refractivity (Wildman–Crippen MR) is 110 cm³/mol. The monoisotopic (exact) mass is 431 g/mol. The van der Waals surface area contributed by atoms with Crippen LogP contribution < -0.4 is 14.8 Å². The summed E-state index contributed by atoms with van der Waals surface area (Å²) >= 11 is 9.54. The quantitative estimate of drug-likeness (QED) is 0.475. The van der Waals surface area contributed by atoms with Crippen molar-refractivity contribution in [3.05, 3.63) is 87.4 Å². The van der Waals surface area contributed by atoms with E-state index in [9.17, 15) is 0 Å². The Bertz CT molecular complexity index is 854. The molecule has 0 spiro atoms. The normalized spacial score (nSPS) is 10.4. The molecule has 0 saturated heterocycles. The standard InChI is InChI=1S/C21H19BrClNO2/c1-25-20-11-16(13-24-18-5-3-2-4-6-18)19(22)12-21(20)26-14-15-7-9-17(23)10-8-15/h2-12,24H,13-14H2,1H3. The summed E-state index contributed by atoms with van der Waals surface area (Å²) in [5, 5.41) is 4.11. The number of anilines is 1. The summed E-state index contributed by atoms with van der Waals surface area (Å²) in [5.74, 6) is 1.39. The van der Waals surface area contributed by atoms with Crippen LogP contribution in [0.15, 0.2) is 71.2 Å². The van der Waals surface area contributed by atoms with E-state index in [4.69, 9.17) is 21.1 Å². The molecule has 5 heteroatoms. The van der Waals surface area contributed by atoms with Crippen molar-refractivity contribution in [2.24, 2.45) is 0 Å². The number of para-hydroxylation sites is 1. The number of methoxy groups -OCH3 is 1. The third kappa shape index (κ3) is 4.93. The predicted octanol–water partition coefficient (Wildman–Crippen LogP) is 6.30. The van der Waals surface area contributed by atoms with Crippen LogP contribution in [0, 0.1) is 0 Å². The van der Waals surface area contributed by atoms with Crippen LogP contribution in [-0.2, 0) is 13.2 Å². The van der Waals surface area contributed by atoms with Gasteiger partial charge in [-0.25, -0.2) is 0 Å². The lowest BCUT2D eigenvalue weighted by Gasteiger charge is -2.15. The minimum Gasteiger partial charge on any atom is -0.493 e. The molecule has 0 aliphatic rings. The van der Waals surface area contributed by atoms with Gasteiger partial charge in [-0.2, -0.15) is 0 Å². The highest BCUT2D eigenvalue weighted by molar-refractivity contribution is 9.10. The van der Waals surface area contributed by atoms with E-state index < -0.39 is 0 Å². The highest BCUT2D eigenvalue weighted by Crippen LogP contribution is 2.34. The van der Waals surface area contributed by atoms with Gasteiger partial charge in [0.05, 0.1) is 7.11 Å². The van der Waals surface area contributed by atoms with Gasteiger partial charge in [0.2, 0.25) is 0 Å². The number of ether oxygens (including phenoxy) is 2. The Labute approximate surface area is 167 Å². The van der Waals surface area contributed by atoms with Gasteiger partial charge in [-0.1, -0.05) is 57.9 Å². The molecular weight excluding hydrogens is 414 g/mol.